The van der Waals surface area contributed by atoms with E-state index in [1.54, 1.807) is 7.11 Å². The molecule has 1 aromatic rings. The van der Waals surface area contributed by atoms with E-state index in [0.717, 1.165) is 23.9 Å². The minimum atomic E-state index is 0.365. The zero-order valence-corrected chi connectivity index (χ0v) is 15.7. The van der Waals surface area contributed by atoms with Gasteiger partial charge in [0.25, 0.3) is 0 Å². The zero-order chi connectivity index (χ0) is 16.9. The average molecular weight is 340 g/mol. The molecule has 0 bridgehead atoms. The second-order valence-electron chi connectivity index (χ2n) is 7.14. The summed E-state index contributed by atoms with van der Waals surface area (Å²) in [6, 6.07) is 0.415. The number of nitrogens with zero attached hydrogens (tertiary/aromatic N) is 3. The molecule has 0 aliphatic heterocycles. The zero-order valence-electron chi connectivity index (χ0n) is 14.8. The highest BCUT2D eigenvalue weighted by Gasteiger charge is 2.32. The molecule has 2 N–H and O–H groups in total. The van der Waals surface area contributed by atoms with E-state index in [0.29, 0.717) is 36.5 Å². The standard InChI is InChI=1S/C16H29N5OS/c1-11-8-12(10-16(2,3)9-11)18-14-19-13(17-6-7-22-4)20-15(21-14)23-5/h11-12H,6-10H2,1-5H3,(H2,17,18,19,20,21). The van der Waals surface area contributed by atoms with Crippen LogP contribution in [0.3, 0.4) is 0 Å². The highest BCUT2D eigenvalue weighted by atomic mass is 32.2. The second kappa shape index (κ2) is 8.15. The summed E-state index contributed by atoms with van der Waals surface area (Å²) in [6.45, 7) is 8.32. The fourth-order valence-electron chi connectivity index (χ4n) is 3.49. The number of aromatic nitrogens is 3. The largest absolute Gasteiger partial charge is 0.383 e. The van der Waals surface area contributed by atoms with Gasteiger partial charge in [-0.1, -0.05) is 32.5 Å². The number of ether oxygens (including phenoxy) is 1. The molecule has 0 aromatic carbocycles. The van der Waals surface area contributed by atoms with Crippen molar-refractivity contribution >= 4 is 23.7 Å². The summed E-state index contributed by atoms with van der Waals surface area (Å²) in [5, 5.41) is 7.44. The highest BCUT2D eigenvalue weighted by Crippen LogP contribution is 2.39. The Balaban J connectivity index is 2.07. The Bertz CT molecular complexity index is 511. The molecule has 1 aliphatic carbocycles. The number of methoxy groups -OCH3 is 1. The van der Waals surface area contributed by atoms with E-state index in [1.807, 2.05) is 6.26 Å². The molecule has 6 nitrogen and oxygen atoms in total. The molecule has 2 atom stereocenters. The third kappa shape index (κ3) is 5.80. The molecule has 1 heterocycles. The van der Waals surface area contributed by atoms with E-state index < -0.39 is 0 Å². The van der Waals surface area contributed by atoms with Crippen molar-refractivity contribution in [2.75, 3.05) is 37.2 Å². The fraction of sp³-hybridized carbons (Fsp3) is 0.812. The predicted octanol–water partition coefficient (Wildman–Crippen LogP) is 3.28. The summed E-state index contributed by atoms with van der Waals surface area (Å²) in [5.74, 6) is 1.99. The summed E-state index contributed by atoms with van der Waals surface area (Å²) in [6.07, 6.45) is 5.56. The Morgan fingerprint density at radius 3 is 2.61 bits per heavy atom. The molecular weight excluding hydrogens is 310 g/mol. The van der Waals surface area contributed by atoms with Gasteiger partial charge < -0.3 is 15.4 Å². The van der Waals surface area contributed by atoms with E-state index in [1.165, 1.54) is 18.2 Å². The molecule has 2 rings (SSSR count). The van der Waals surface area contributed by atoms with Gasteiger partial charge in [0.05, 0.1) is 6.61 Å². The Hall–Kier alpha value is -1.08. The monoisotopic (exact) mass is 339 g/mol. The molecule has 1 aromatic heterocycles. The molecule has 7 heteroatoms. The van der Waals surface area contributed by atoms with E-state index in [2.05, 4.69) is 46.4 Å². The Kier molecular flexibility index (Phi) is 6.47. The lowest BCUT2D eigenvalue weighted by Gasteiger charge is -2.39. The van der Waals surface area contributed by atoms with Gasteiger partial charge in [0.15, 0.2) is 5.16 Å². The smallest absolute Gasteiger partial charge is 0.228 e. The SMILES string of the molecule is COCCNc1nc(NC2CC(C)CC(C)(C)C2)nc(SC)n1. The van der Waals surface area contributed by atoms with Crippen molar-refractivity contribution in [1.82, 2.24) is 15.0 Å². The molecular formula is C16H29N5OS. The van der Waals surface area contributed by atoms with Crippen LogP contribution in [0, 0.1) is 11.3 Å². The first-order valence-electron chi connectivity index (χ1n) is 8.21. The molecule has 23 heavy (non-hydrogen) atoms. The van der Waals surface area contributed by atoms with Gasteiger partial charge in [0, 0.05) is 19.7 Å². The number of anilines is 2. The normalized spacial score (nSPS) is 23.5. The molecule has 0 radical (unpaired) electrons. The summed E-state index contributed by atoms with van der Waals surface area (Å²) < 4.78 is 5.05. The Labute approximate surface area is 143 Å². The van der Waals surface area contributed by atoms with Crippen LogP contribution in [0.1, 0.15) is 40.0 Å². The Morgan fingerprint density at radius 2 is 1.96 bits per heavy atom. The van der Waals surface area contributed by atoms with Crippen molar-refractivity contribution < 1.29 is 4.74 Å². The summed E-state index contributed by atoms with van der Waals surface area (Å²) in [5.41, 5.74) is 0.365. The van der Waals surface area contributed by atoms with Gasteiger partial charge >= 0.3 is 0 Å². The molecule has 0 saturated heterocycles. The first-order valence-corrected chi connectivity index (χ1v) is 9.44. The topological polar surface area (TPSA) is 72.0 Å². The highest BCUT2D eigenvalue weighted by molar-refractivity contribution is 7.98. The lowest BCUT2D eigenvalue weighted by Crippen LogP contribution is -2.36. The minimum absolute atomic E-state index is 0.365. The quantitative estimate of drug-likeness (QED) is 0.583. The van der Waals surface area contributed by atoms with Crippen molar-refractivity contribution in [2.24, 2.45) is 11.3 Å². The van der Waals surface area contributed by atoms with Crippen LogP contribution >= 0.6 is 11.8 Å². The van der Waals surface area contributed by atoms with Gasteiger partial charge in [-0.05, 0) is 36.9 Å². The molecule has 0 spiro atoms. The third-order valence-corrected chi connectivity index (χ3v) is 4.65. The summed E-state index contributed by atoms with van der Waals surface area (Å²) in [7, 11) is 1.68. The number of hydrogen-bond donors (Lipinski definition) is 2. The van der Waals surface area contributed by atoms with Gasteiger partial charge in [-0.3, -0.25) is 0 Å². The summed E-state index contributed by atoms with van der Waals surface area (Å²) >= 11 is 1.53. The molecule has 1 fully saturated rings. The number of rotatable bonds is 7. The van der Waals surface area contributed by atoms with Crippen LogP contribution in [0.5, 0.6) is 0 Å². The molecule has 2 unspecified atom stereocenters. The maximum atomic E-state index is 5.05. The minimum Gasteiger partial charge on any atom is -0.383 e. The molecule has 130 valence electrons. The van der Waals surface area contributed by atoms with E-state index in [4.69, 9.17) is 4.74 Å². The maximum Gasteiger partial charge on any atom is 0.228 e. The van der Waals surface area contributed by atoms with Gasteiger partial charge in [-0.25, -0.2) is 0 Å². The maximum absolute atomic E-state index is 5.05. The molecule has 0 amide bonds. The van der Waals surface area contributed by atoms with Crippen LogP contribution in [0.15, 0.2) is 5.16 Å². The van der Waals surface area contributed by atoms with Gasteiger partial charge in [-0.2, -0.15) is 15.0 Å². The lowest BCUT2D eigenvalue weighted by atomic mass is 9.71. The fourth-order valence-corrected chi connectivity index (χ4v) is 3.85. The average Bonchev–Trinajstić information content (AvgIpc) is 2.45. The van der Waals surface area contributed by atoms with Crippen LogP contribution < -0.4 is 10.6 Å². The van der Waals surface area contributed by atoms with E-state index in [-0.39, 0.29) is 0 Å². The summed E-state index contributed by atoms with van der Waals surface area (Å²) in [4.78, 5) is 13.4. The third-order valence-electron chi connectivity index (χ3n) is 4.11. The van der Waals surface area contributed by atoms with Crippen molar-refractivity contribution in [1.29, 1.82) is 0 Å². The van der Waals surface area contributed by atoms with Crippen molar-refractivity contribution in [3.8, 4) is 0 Å². The number of nitrogens with one attached hydrogen (secondary N) is 2. The van der Waals surface area contributed by atoms with Crippen LogP contribution in [-0.4, -0.2) is 47.5 Å². The van der Waals surface area contributed by atoms with Crippen molar-refractivity contribution in [3.05, 3.63) is 0 Å². The Morgan fingerprint density at radius 1 is 1.22 bits per heavy atom. The number of hydrogen-bond acceptors (Lipinski definition) is 7. The molecule has 1 saturated carbocycles. The van der Waals surface area contributed by atoms with Crippen LogP contribution in [0.25, 0.3) is 0 Å². The van der Waals surface area contributed by atoms with Crippen molar-refractivity contribution in [3.63, 3.8) is 0 Å². The predicted molar refractivity (Wildman–Crippen MR) is 96.2 cm³/mol. The van der Waals surface area contributed by atoms with Gasteiger partial charge in [-0.15, -0.1) is 0 Å². The van der Waals surface area contributed by atoms with E-state index >= 15 is 0 Å². The lowest BCUT2D eigenvalue weighted by molar-refractivity contribution is 0.177. The van der Waals surface area contributed by atoms with Gasteiger partial charge in [0.1, 0.15) is 0 Å². The first-order chi connectivity index (χ1) is 10.9. The second-order valence-corrected chi connectivity index (χ2v) is 7.92. The molecule has 1 aliphatic rings. The van der Waals surface area contributed by atoms with Crippen molar-refractivity contribution in [2.45, 2.75) is 51.2 Å². The van der Waals surface area contributed by atoms with Gasteiger partial charge in [0.2, 0.25) is 11.9 Å². The van der Waals surface area contributed by atoms with Crippen LogP contribution in [-0.2, 0) is 4.74 Å². The van der Waals surface area contributed by atoms with Crippen LogP contribution in [0.4, 0.5) is 11.9 Å². The number of thioether (sulfide) groups is 1. The van der Waals surface area contributed by atoms with E-state index in [9.17, 15) is 0 Å². The van der Waals surface area contributed by atoms with Crippen LogP contribution in [0.2, 0.25) is 0 Å². The first kappa shape index (κ1) is 18.3.